The van der Waals surface area contributed by atoms with Gasteiger partial charge in [0.25, 0.3) is 0 Å². The second kappa shape index (κ2) is 4.13. The maximum absolute atomic E-state index is 11.5. The minimum Gasteiger partial charge on any atom is -0.338 e. The molecule has 0 aliphatic carbocycles. The van der Waals surface area contributed by atoms with Gasteiger partial charge in [0.05, 0.1) is 21.5 Å². The van der Waals surface area contributed by atoms with Gasteiger partial charge >= 0.3 is 0 Å². The molecule has 0 spiro atoms. The van der Waals surface area contributed by atoms with Crippen molar-refractivity contribution in [3.8, 4) is 11.4 Å². The van der Waals surface area contributed by atoms with Crippen molar-refractivity contribution in [2.45, 2.75) is 4.90 Å². The molecule has 1 aromatic carbocycles. The molecule has 0 atom stereocenters. The maximum atomic E-state index is 11.5. The third-order valence-corrected chi connectivity index (χ3v) is 3.83. The van der Waals surface area contributed by atoms with E-state index in [9.17, 15) is 8.42 Å². The number of sulfone groups is 1. The number of aromatic nitrogens is 4. The molecule has 7 heteroatoms. The van der Waals surface area contributed by atoms with Crippen LogP contribution in [0.25, 0.3) is 22.4 Å². The van der Waals surface area contributed by atoms with Crippen molar-refractivity contribution in [3.63, 3.8) is 0 Å². The number of hydrogen-bond acceptors (Lipinski definition) is 5. The molecule has 2 heterocycles. The average Bonchev–Trinajstić information content (AvgIpc) is 2.81. The Labute approximate surface area is 109 Å². The second-order valence-electron chi connectivity index (χ2n) is 4.16. The van der Waals surface area contributed by atoms with E-state index < -0.39 is 9.84 Å². The monoisotopic (exact) mass is 274 g/mol. The highest BCUT2D eigenvalue weighted by Gasteiger charge is 2.11. The molecule has 2 aromatic heterocycles. The number of nitrogens with zero attached hydrogens (tertiary/aromatic N) is 3. The summed E-state index contributed by atoms with van der Waals surface area (Å²) in [5.74, 6) is 0.612. The summed E-state index contributed by atoms with van der Waals surface area (Å²) in [6, 6.07) is 4.80. The topological polar surface area (TPSA) is 88.6 Å². The van der Waals surface area contributed by atoms with Gasteiger partial charge in [-0.15, -0.1) is 0 Å². The van der Waals surface area contributed by atoms with Gasteiger partial charge in [-0.25, -0.2) is 23.4 Å². The lowest BCUT2D eigenvalue weighted by molar-refractivity contribution is 0.602. The van der Waals surface area contributed by atoms with Gasteiger partial charge in [-0.3, -0.25) is 0 Å². The predicted octanol–water partition coefficient (Wildman–Crippen LogP) is 1.42. The summed E-state index contributed by atoms with van der Waals surface area (Å²) in [5, 5.41) is 0. The van der Waals surface area contributed by atoms with Crippen LogP contribution in [0.3, 0.4) is 0 Å². The fourth-order valence-electron chi connectivity index (χ4n) is 1.78. The van der Waals surface area contributed by atoms with Crippen LogP contribution >= 0.6 is 0 Å². The van der Waals surface area contributed by atoms with Crippen LogP contribution in [0.15, 0.2) is 41.8 Å². The van der Waals surface area contributed by atoms with Gasteiger partial charge in [0, 0.05) is 18.6 Å². The number of aromatic amines is 1. The van der Waals surface area contributed by atoms with E-state index in [0.717, 1.165) is 5.56 Å². The van der Waals surface area contributed by atoms with Crippen molar-refractivity contribution >= 4 is 20.9 Å². The Balaban J connectivity index is 2.17. The number of fused-ring (bicyclic) bond motifs is 1. The minimum absolute atomic E-state index is 0.263. The first-order valence-electron chi connectivity index (χ1n) is 5.49. The van der Waals surface area contributed by atoms with Crippen LogP contribution < -0.4 is 0 Å². The first-order valence-corrected chi connectivity index (χ1v) is 7.38. The molecule has 19 heavy (non-hydrogen) atoms. The Kier molecular flexibility index (Phi) is 2.56. The van der Waals surface area contributed by atoms with Gasteiger partial charge in [0.15, 0.2) is 9.84 Å². The van der Waals surface area contributed by atoms with Crippen LogP contribution in [0.2, 0.25) is 0 Å². The molecule has 0 amide bonds. The highest BCUT2D eigenvalue weighted by Crippen LogP contribution is 2.21. The molecular formula is C12H10N4O2S. The van der Waals surface area contributed by atoms with Crippen LogP contribution in [-0.4, -0.2) is 34.6 Å². The molecule has 0 unspecified atom stereocenters. The van der Waals surface area contributed by atoms with Gasteiger partial charge in [-0.2, -0.15) is 0 Å². The van der Waals surface area contributed by atoms with Crippen molar-refractivity contribution in [1.29, 1.82) is 0 Å². The van der Waals surface area contributed by atoms with Gasteiger partial charge in [0.2, 0.25) is 0 Å². The Bertz CT molecular complexity index is 841. The number of rotatable bonds is 2. The van der Waals surface area contributed by atoms with Crippen molar-refractivity contribution in [1.82, 2.24) is 19.9 Å². The van der Waals surface area contributed by atoms with E-state index in [1.54, 1.807) is 30.6 Å². The molecular weight excluding hydrogens is 264 g/mol. The highest BCUT2D eigenvalue weighted by atomic mass is 32.2. The average molecular weight is 274 g/mol. The summed E-state index contributed by atoms with van der Waals surface area (Å²) >= 11 is 0. The SMILES string of the molecule is CS(=O)(=O)c1ccc2nc(-c3cncnc3)[nH]c2c1. The Morgan fingerprint density at radius 3 is 2.58 bits per heavy atom. The quantitative estimate of drug-likeness (QED) is 0.763. The molecule has 0 fully saturated rings. The molecule has 1 N–H and O–H groups in total. The lowest BCUT2D eigenvalue weighted by atomic mass is 10.3. The number of imidazole rings is 1. The molecule has 3 rings (SSSR count). The number of hydrogen-bond donors (Lipinski definition) is 1. The predicted molar refractivity (Wildman–Crippen MR) is 70.2 cm³/mol. The first kappa shape index (κ1) is 11.8. The van der Waals surface area contributed by atoms with Crippen LogP contribution in [0.4, 0.5) is 0 Å². The second-order valence-corrected chi connectivity index (χ2v) is 6.18. The van der Waals surface area contributed by atoms with Gasteiger partial charge in [-0.05, 0) is 18.2 Å². The molecule has 0 radical (unpaired) electrons. The van der Waals surface area contributed by atoms with Crippen molar-refractivity contribution in [3.05, 3.63) is 36.9 Å². The Hall–Kier alpha value is -2.28. The van der Waals surface area contributed by atoms with Gasteiger partial charge in [-0.1, -0.05) is 0 Å². The maximum Gasteiger partial charge on any atom is 0.175 e. The van der Waals surface area contributed by atoms with Crippen molar-refractivity contribution < 1.29 is 8.42 Å². The largest absolute Gasteiger partial charge is 0.338 e. The van der Waals surface area contributed by atoms with E-state index in [-0.39, 0.29) is 4.90 Å². The van der Waals surface area contributed by atoms with E-state index in [1.807, 2.05) is 0 Å². The minimum atomic E-state index is -3.22. The molecule has 0 aliphatic heterocycles. The van der Waals surface area contributed by atoms with Crippen molar-refractivity contribution in [2.24, 2.45) is 0 Å². The molecule has 0 bridgehead atoms. The normalized spacial score (nSPS) is 11.8. The zero-order valence-corrected chi connectivity index (χ0v) is 10.8. The summed E-state index contributed by atoms with van der Waals surface area (Å²) in [5.41, 5.74) is 2.12. The number of benzene rings is 1. The van der Waals surface area contributed by atoms with Crippen LogP contribution in [0.5, 0.6) is 0 Å². The molecule has 0 saturated carbocycles. The van der Waals surface area contributed by atoms with E-state index in [1.165, 1.54) is 12.6 Å². The Morgan fingerprint density at radius 1 is 1.16 bits per heavy atom. The fraction of sp³-hybridized carbons (Fsp3) is 0.0833. The molecule has 0 saturated heterocycles. The van der Waals surface area contributed by atoms with E-state index in [0.29, 0.717) is 16.9 Å². The summed E-state index contributed by atoms with van der Waals surface area (Å²) in [6.45, 7) is 0. The molecule has 96 valence electrons. The van der Waals surface area contributed by atoms with E-state index in [2.05, 4.69) is 19.9 Å². The first-order chi connectivity index (χ1) is 9.04. The zero-order valence-electron chi connectivity index (χ0n) is 10.0. The zero-order chi connectivity index (χ0) is 13.5. The van der Waals surface area contributed by atoms with Crippen LogP contribution in [-0.2, 0) is 9.84 Å². The van der Waals surface area contributed by atoms with E-state index in [4.69, 9.17) is 0 Å². The van der Waals surface area contributed by atoms with Crippen molar-refractivity contribution in [2.75, 3.05) is 6.26 Å². The standard InChI is InChI=1S/C12H10N4O2S/c1-19(17,18)9-2-3-10-11(4-9)16-12(15-10)8-5-13-7-14-6-8/h2-7H,1H3,(H,15,16). The third-order valence-electron chi connectivity index (χ3n) is 2.72. The van der Waals surface area contributed by atoms with E-state index >= 15 is 0 Å². The van der Waals surface area contributed by atoms with Gasteiger partial charge < -0.3 is 4.98 Å². The molecule has 3 aromatic rings. The summed E-state index contributed by atoms with van der Waals surface area (Å²) in [4.78, 5) is 15.6. The smallest absolute Gasteiger partial charge is 0.175 e. The number of H-pyrrole nitrogens is 1. The lowest BCUT2D eigenvalue weighted by Crippen LogP contribution is -1.96. The third kappa shape index (κ3) is 2.19. The summed E-state index contributed by atoms with van der Waals surface area (Å²) < 4.78 is 23.0. The Morgan fingerprint density at radius 2 is 1.89 bits per heavy atom. The molecule has 6 nitrogen and oxygen atoms in total. The number of nitrogens with one attached hydrogen (secondary N) is 1. The fourth-order valence-corrected chi connectivity index (χ4v) is 2.42. The summed E-state index contributed by atoms with van der Waals surface area (Å²) in [6.07, 6.45) is 5.90. The van der Waals surface area contributed by atoms with Gasteiger partial charge in [0.1, 0.15) is 12.2 Å². The summed E-state index contributed by atoms with van der Waals surface area (Å²) in [7, 11) is -3.22. The van der Waals surface area contributed by atoms with Crippen LogP contribution in [0.1, 0.15) is 0 Å². The molecule has 0 aliphatic rings. The van der Waals surface area contributed by atoms with Crippen LogP contribution in [0, 0.1) is 0 Å². The highest BCUT2D eigenvalue weighted by molar-refractivity contribution is 7.90. The lowest BCUT2D eigenvalue weighted by Gasteiger charge is -1.96.